The number of aromatic nitrogens is 2. The summed E-state index contributed by atoms with van der Waals surface area (Å²) in [5, 5.41) is 2.89. The number of nitrogen functional groups attached to an aromatic ring is 1. The molecule has 0 spiro atoms. The molecule has 0 bridgehead atoms. The van der Waals surface area contributed by atoms with Gasteiger partial charge in [0.05, 0.1) is 12.4 Å². The zero-order valence-corrected chi connectivity index (χ0v) is 11.8. The monoisotopic (exact) mass is 279 g/mol. The van der Waals surface area contributed by atoms with Crippen LogP contribution in [0.25, 0.3) is 0 Å². The summed E-state index contributed by atoms with van der Waals surface area (Å²) in [4.78, 5) is 24.5. The molecule has 1 saturated heterocycles. The molecule has 1 amide bonds. The van der Waals surface area contributed by atoms with Gasteiger partial charge in [0.25, 0.3) is 5.91 Å². The van der Waals surface area contributed by atoms with Crippen molar-refractivity contribution in [3.63, 3.8) is 0 Å². The van der Waals surface area contributed by atoms with E-state index in [-0.39, 0.29) is 11.6 Å². The summed E-state index contributed by atoms with van der Waals surface area (Å²) in [6, 6.07) is 0.307. The summed E-state index contributed by atoms with van der Waals surface area (Å²) in [6.45, 7) is 3.58. The Morgan fingerprint density at radius 2 is 2.25 bits per heavy atom. The van der Waals surface area contributed by atoms with Crippen LogP contribution < -0.4 is 16.6 Å². The number of carbonyl (C=O) groups is 1. The number of carbonyl (C=O) groups excluding carboxylic acids is 1. The minimum atomic E-state index is -0.240. The van der Waals surface area contributed by atoms with Gasteiger partial charge in [0.1, 0.15) is 5.69 Å². The molecular formula is C12H21N7O. The Morgan fingerprint density at radius 1 is 1.45 bits per heavy atom. The Balaban J connectivity index is 1.91. The zero-order chi connectivity index (χ0) is 14.5. The zero-order valence-electron chi connectivity index (χ0n) is 11.8. The van der Waals surface area contributed by atoms with E-state index in [1.54, 1.807) is 0 Å². The van der Waals surface area contributed by atoms with E-state index in [1.165, 1.54) is 12.4 Å². The number of hydrazine groups is 1. The Bertz CT molecular complexity index is 467. The minimum absolute atomic E-state index is 0.240. The third kappa shape index (κ3) is 3.62. The van der Waals surface area contributed by atoms with Gasteiger partial charge >= 0.3 is 0 Å². The molecule has 20 heavy (non-hydrogen) atoms. The molecule has 1 aromatic heterocycles. The summed E-state index contributed by atoms with van der Waals surface area (Å²) < 4.78 is 0. The van der Waals surface area contributed by atoms with Crippen molar-refractivity contribution in [1.82, 2.24) is 25.1 Å². The van der Waals surface area contributed by atoms with Gasteiger partial charge in [-0.25, -0.2) is 10.8 Å². The van der Waals surface area contributed by atoms with Gasteiger partial charge in [0.15, 0.2) is 5.82 Å². The predicted molar refractivity (Wildman–Crippen MR) is 76.1 cm³/mol. The van der Waals surface area contributed by atoms with Crippen LogP contribution in [0.5, 0.6) is 0 Å². The van der Waals surface area contributed by atoms with E-state index < -0.39 is 0 Å². The highest BCUT2D eigenvalue weighted by Gasteiger charge is 2.22. The molecule has 0 aliphatic carbocycles. The number of likely N-dealkylation sites (N-methyl/N-ethyl adjacent to an activating group) is 2. The number of piperazine rings is 1. The molecule has 0 radical (unpaired) electrons. The van der Waals surface area contributed by atoms with Crippen LogP contribution in [0.4, 0.5) is 5.82 Å². The van der Waals surface area contributed by atoms with E-state index in [9.17, 15) is 4.79 Å². The molecule has 2 rings (SSSR count). The van der Waals surface area contributed by atoms with Crippen LogP contribution in [0.3, 0.4) is 0 Å². The SMILES string of the molecule is CN1CCN(C)C(CNC(=O)c2cncc(NN)n2)C1. The van der Waals surface area contributed by atoms with E-state index in [0.29, 0.717) is 18.4 Å². The Kier molecular flexibility index (Phi) is 4.83. The first kappa shape index (κ1) is 14.6. The molecule has 1 aliphatic rings. The van der Waals surface area contributed by atoms with Gasteiger partial charge in [0, 0.05) is 32.2 Å². The van der Waals surface area contributed by atoms with Crippen molar-refractivity contribution in [3.8, 4) is 0 Å². The normalized spacial score (nSPS) is 20.6. The summed E-state index contributed by atoms with van der Waals surface area (Å²) in [7, 11) is 4.16. The quantitative estimate of drug-likeness (QED) is 0.467. The number of nitrogens with one attached hydrogen (secondary N) is 2. The van der Waals surface area contributed by atoms with Crippen molar-refractivity contribution in [2.75, 3.05) is 45.7 Å². The number of amides is 1. The molecule has 0 saturated carbocycles. The number of anilines is 1. The van der Waals surface area contributed by atoms with E-state index in [0.717, 1.165) is 19.6 Å². The predicted octanol–water partition coefficient (Wildman–Crippen LogP) is -1.26. The summed E-state index contributed by atoms with van der Waals surface area (Å²) in [6.07, 6.45) is 2.88. The molecule has 1 fully saturated rings. The summed E-state index contributed by atoms with van der Waals surface area (Å²) in [5.74, 6) is 5.37. The van der Waals surface area contributed by atoms with Crippen molar-refractivity contribution >= 4 is 11.7 Å². The molecule has 8 nitrogen and oxygen atoms in total. The van der Waals surface area contributed by atoms with E-state index in [4.69, 9.17) is 5.84 Å². The minimum Gasteiger partial charge on any atom is -0.349 e. The van der Waals surface area contributed by atoms with Gasteiger partial charge in [-0.1, -0.05) is 0 Å². The lowest BCUT2D eigenvalue weighted by molar-refractivity contribution is 0.0876. The molecule has 2 heterocycles. The fourth-order valence-corrected chi connectivity index (χ4v) is 2.17. The van der Waals surface area contributed by atoms with Gasteiger partial charge in [-0.05, 0) is 14.1 Å². The lowest BCUT2D eigenvalue weighted by atomic mass is 10.2. The van der Waals surface area contributed by atoms with Crippen LogP contribution in [0.2, 0.25) is 0 Å². The van der Waals surface area contributed by atoms with E-state index in [2.05, 4.69) is 44.6 Å². The number of nitrogens with zero attached hydrogens (tertiary/aromatic N) is 4. The lowest BCUT2D eigenvalue weighted by Gasteiger charge is -2.37. The molecule has 110 valence electrons. The summed E-state index contributed by atoms with van der Waals surface area (Å²) in [5.41, 5.74) is 2.63. The van der Waals surface area contributed by atoms with Gasteiger partial charge in [-0.15, -0.1) is 0 Å². The van der Waals surface area contributed by atoms with Gasteiger partial charge in [-0.3, -0.25) is 14.7 Å². The van der Waals surface area contributed by atoms with Crippen molar-refractivity contribution < 1.29 is 4.79 Å². The number of hydrogen-bond acceptors (Lipinski definition) is 7. The molecule has 1 atom stereocenters. The van der Waals surface area contributed by atoms with Crippen LogP contribution in [0.15, 0.2) is 12.4 Å². The lowest BCUT2D eigenvalue weighted by Crippen LogP contribution is -2.54. The van der Waals surface area contributed by atoms with E-state index in [1.807, 2.05) is 0 Å². The average Bonchev–Trinajstić information content (AvgIpc) is 2.48. The standard InChI is InChI=1S/C12H21N7O/c1-18-3-4-19(2)9(8-18)5-15-12(20)10-6-14-7-11(16-10)17-13/h6-7,9H,3-5,8,13H2,1-2H3,(H,15,20)(H,16,17). The molecule has 1 aromatic rings. The van der Waals surface area contributed by atoms with Crippen LogP contribution in [-0.4, -0.2) is 72.0 Å². The second-order valence-corrected chi connectivity index (χ2v) is 5.04. The van der Waals surface area contributed by atoms with E-state index >= 15 is 0 Å². The third-order valence-electron chi connectivity index (χ3n) is 3.49. The maximum absolute atomic E-state index is 12.0. The maximum Gasteiger partial charge on any atom is 0.271 e. The number of hydrogen-bond donors (Lipinski definition) is 3. The highest BCUT2D eigenvalue weighted by Crippen LogP contribution is 2.05. The number of nitrogens with two attached hydrogens (primary N) is 1. The second-order valence-electron chi connectivity index (χ2n) is 5.04. The molecule has 8 heteroatoms. The van der Waals surface area contributed by atoms with Crippen molar-refractivity contribution in [3.05, 3.63) is 18.1 Å². The van der Waals surface area contributed by atoms with Gasteiger partial charge in [0.2, 0.25) is 0 Å². The fraction of sp³-hybridized carbons (Fsp3) is 0.583. The van der Waals surface area contributed by atoms with Crippen LogP contribution in [-0.2, 0) is 0 Å². The Morgan fingerprint density at radius 3 is 3.00 bits per heavy atom. The van der Waals surface area contributed by atoms with Crippen molar-refractivity contribution in [2.24, 2.45) is 5.84 Å². The molecular weight excluding hydrogens is 258 g/mol. The average molecular weight is 279 g/mol. The first-order valence-corrected chi connectivity index (χ1v) is 6.56. The number of rotatable bonds is 4. The van der Waals surface area contributed by atoms with Crippen molar-refractivity contribution in [2.45, 2.75) is 6.04 Å². The smallest absolute Gasteiger partial charge is 0.271 e. The first-order valence-electron chi connectivity index (χ1n) is 6.56. The second kappa shape index (κ2) is 6.60. The highest BCUT2D eigenvalue weighted by atomic mass is 16.1. The first-order chi connectivity index (χ1) is 9.60. The largest absolute Gasteiger partial charge is 0.349 e. The summed E-state index contributed by atoms with van der Waals surface area (Å²) >= 11 is 0. The van der Waals surface area contributed by atoms with Crippen LogP contribution in [0, 0.1) is 0 Å². The molecule has 1 unspecified atom stereocenters. The van der Waals surface area contributed by atoms with Crippen LogP contribution >= 0.6 is 0 Å². The Labute approximate surface area is 118 Å². The van der Waals surface area contributed by atoms with Crippen LogP contribution in [0.1, 0.15) is 10.5 Å². The van der Waals surface area contributed by atoms with Crippen molar-refractivity contribution in [1.29, 1.82) is 0 Å². The Hall–Kier alpha value is -1.77. The topological polar surface area (TPSA) is 99.4 Å². The maximum atomic E-state index is 12.0. The van der Waals surface area contributed by atoms with Gasteiger partial charge in [-0.2, -0.15) is 0 Å². The molecule has 4 N–H and O–H groups in total. The van der Waals surface area contributed by atoms with Gasteiger partial charge < -0.3 is 15.6 Å². The molecule has 0 aromatic carbocycles. The fourth-order valence-electron chi connectivity index (χ4n) is 2.17. The molecule has 1 aliphatic heterocycles. The third-order valence-corrected chi connectivity index (χ3v) is 3.49. The highest BCUT2D eigenvalue weighted by molar-refractivity contribution is 5.92.